The summed E-state index contributed by atoms with van der Waals surface area (Å²) in [6, 6.07) is 0.542. The number of nitrogens with zero attached hydrogens (tertiary/aromatic N) is 1. The van der Waals surface area contributed by atoms with E-state index >= 15 is 0 Å². The van der Waals surface area contributed by atoms with Crippen molar-refractivity contribution in [3.63, 3.8) is 0 Å². The molecular formula is C11H20N2S. The molecule has 0 amide bonds. The van der Waals surface area contributed by atoms with Crippen LogP contribution in [0.4, 0.5) is 0 Å². The monoisotopic (exact) mass is 212 g/mol. The van der Waals surface area contributed by atoms with Gasteiger partial charge in [-0.25, -0.2) is 4.98 Å². The number of hydrogen-bond donors (Lipinski definition) is 1. The largest absolute Gasteiger partial charge is 0.314 e. The van der Waals surface area contributed by atoms with E-state index in [1.807, 2.05) is 11.3 Å². The normalized spacial score (nSPS) is 13.1. The summed E-state index contributed by atoms with van der Waals surface area (Å²) in [4.78, 5) is 5.89. The highest BCUT2D eigenvalue weighted by Gasteiger charge is 2.07. The molecule has 14 heavy (non-hydrogen) atoms. The molecule has 0 saturated heterocycles. The minimum Gasteiger partial charge on any atom is -0.314 e. The van der Waals surface area contributed by atoms with Gasteiger partial charge in [-0.2, -0.15) is 0 Å². The molecule has 80 valence electrons. The summed E-state index contributed by atoms with van der Waals surface area (Å²) in [7, 11) is 0. The molecule has 3 heteroatoms. The van der Waals surface area contributed by atoms with Crippen LogP contribution in [0.1, 0.15) is 35.8 Å². The van der Waals surface area contributed by atoms with E-state index in [4.69, 9.17) is 0 Å². The second-order valence-corrected chi connectivity index (χ2v) is 5.10. The van der Waals surface area contributed by atoms with E-state index in [0.29, 0.717) is 6.04 Å². The third kappa shape index (κ3) is 3.39. The lowest BCUT2D eigenvalue weighted by Gasteiger charge is -2.10. The van der Waals surface area contributed by atoms with Crippen LogP contribution in [0.25, 0.3) is 0 Å². The summed E-state index contributed by atoms with van der Waals surface area (Å²) in [5.74, 6) is 0. The van der Waals surface area contributed by atoms with E-state index < -0.39 is 0 Å². The standard InChI is InChI=1S/C11H20N2S/c1-5-6-12-8(2)7-11-13-9(3)10(4)14-11/h8,12H,5-7H2,1-4H3. The Hall–Kier alpha value is -0.410. The molecule has 0 radical (unpaired) electrons. The SMILES string of the molecule is CCCNC(C)Cc1nc(C)c(C)s1. The minimum absolute atomic E-state index is 0.542. The van der Waals surface area contributed by atoms with Crippen LogP contribution >= 0.6 is 11.3 Å². The van der Waals surface area contributed by atoms with Crippen molar-refractivity contribution >= 4 is 11.3 Å². The molecule has 0 aliphatic carbocycles. The first kappa shape index (κ1) is 11.7. The summed E-state index contributed by atoms with van der Waals surface area (Å²) in [5.41, 5.74) is 1.19. The van der Waals surface area contributed by atoms with Gasteiger partial charge in [0.1, 0.15) is 0 Å². The second-order valence-electron chi connectivity index (χ2n) is 3.81. The maximum atomic E-state index is 4.54. The topological polar surface area (TPSA) is 24.9 Å². The third-order valence-corrected chi connectivity index (χ3v) is 3.39. The van der Waals surface area contributed by atoms with Crippen molar-refractivity contribution in [2.24, 2.45) is 0 Å². The van der Waals surface area contributed by atoms with Crippen LogP contribution in [0.5, 0.6) is 0 Å². The van der Waals surface area contributed by atoms with Gasteiger partial charge in [-0.05, 0) is 33.7 Å². The Balaban J connectivity index is 2.43. The van der Waals surface area contributed by atoms with Crippen molar-refractivity contribution in [2.75, 3.05) is 6.54 Å². The van der Waals surface area contributed by atoms with Gasteiger partial charge in [0.2, 0.25) is 0 Å². The highest BCUT2D eigenvalue weighted by molar-refractivity contribution is 7.11. The van der Waals surface area contributed by atoms with Gasteiger partial charge in [0.05, 0.1) is 10.7 Å². The molecule has 0 fully saturated rings. The van der Waals surface area contributed by atoms with E-state index in [9.17, 15) is 0 Å². The minimum atomic E-state index is 0.542. The molecular weight excluding hydrogens is 192 g/mol. The molecule has 1 aromatic heterocycles. The van der Waals surface area contributed by atoms with E-state index in [0.717, 1.165) is 13.0 Å². The second kappa shape index (κ2) is 5.47. The number of nitrogens with one attached hydrogen (secondary N) is 1. The van der Waals surface area contributed by atoms with Crippen molar-refractivity contribution in [1.29, 1.82) is 0 Å². The van der Waals surface area contributed by atoms with Gasteiger partial charge in [0.15, 0.2) is 0 Å². The lowest BCUT2D eigenvalue weighted by Crippen LogP contribution is -2.28. The van der Waals surface area contributed by atoms with E-state index in [-0.39, 0.29) is 0 Å². The Morgan fingerprint density at radius 2 is 2.14 bits per heavy atom. The van der Waals surface area contributed by atoms with Gasteiger partial charge in [-0.15, -0.1) is 11.3 Å². The first-order valence-corrected chi connectivity index (χ1v) is 6.11. The van der Waals surface area contributed by atoms with E-state index in [1.165, 1.54) is 22.0 Å². The van der Waals surface area contributed by atoms with Crippen molar-refractivity contribution in [1.82, 2.24) is 10.3 Å². The number of hydrogen-bond acceptors (Lipinski definition) is 3. The Kier molecular flexibility index (Phi) is 4.55. The average Bonchev–Trinajstić information content (AvgIpc) is 2.42. The molecule has 0 aromatic carbocycles. The van der Waals surface area contributed by atoms with Gasteiger partial charge in [-0.1, -0.05) is 6.92 Å². The predicted octanol–water partition coefficient (Wildman–Crippen LogP) is 2.69. The highest BCUT2D eigenvalue weighted by Crippen LogP contribution is 2.17. The van der Waals surface area contributed by atoms with Crippen molar-refractivity contribution in [3.8, 4) is 0 Å². The Morgan fingerprint density at radius 3 is 2.64 bits per heavy atom. The van der Waals surface area contributed by atoms with Gasteiger partial charge in [-0.3, -0.25) is 0 Å². The Bertz CT molecular complexity index is 261. The maximum absolute atomic E-state index is 4.54. The molecule has 0 bridgehead atoms. The van der Waals surface area contributed by atoms with Gasteiger partial charge in [0, 0.05) is 17.3 Å². The summed E-state index contributed by atoms with van der Waals surface area (Å²) in [6.07, 6.45) is 2.25. The molecule has 1 N–H and O–H groups in total. The van der Waals surface area contributed by atoms with Crippen LogP contribution in [0, 0.1) is 13.8 Å². The Labute approximate surface area is 90.8 Å². The summed E-state index contributed by atoms with van der Waals surface area (Å²) >= 11 is 1.83. The van der Waals surface area contributed by atoms with E-state index in [1.54, 1.807) is 0 Å². The molecule has 1 aromatic rings. The summed E-state index contributed by atoms with van der Waals surface area (Å²) in [6.45, 7) is 9.74. The molecule has 1 atom stereocenters. The number of thiazole rings is 1. The zero-order valence-corrected chi connectivity index (χ0v) is 10.4. The van der Waals surface area contributed by atoms with Crippen LogP contribution in [0.2, 0.25) is 0 Å². The highest BCUT2D eigenvalue weighted by atomic mass is 32.1. The third-order valence-electron chi connectivity index (χ3n) is 2.30. The molecule has 0 aliphatic rings. The summed E-state index contributed by atoms with van der Waals surface area (Å²) < 4.78 is 0. The van der Waals surface area contributed by atoms with Crippen LogP contribution in [-0.2, 0) is 6.42 Å². The summed E-state index contributed by atoms with van der Waals surface area (Å²) in [5, 5.41) is 4.74. The van der Waals surface area contributed by atoms with Crippen molar-refractivity contribution < 1.29 is 0 Å². The fourth-order valence-corrected chi connectivity index (χ4v) is 2.41. The molecule has 0 aliphatic heterocycles. The molecule has 0 saturated carbocycles. The zero-order chi connectivity index (χ0) is 10.6. The Morgan fingerprint density at radius 1 is 1.43 bits per heavy atom. The first-order chi connectivity index (χ1) is 6.63. The van der Waals surface area contributed by atoms with Gasteiger partial charge in [0.25, 0.3) is 0 Å². The van der Waals surface area contributed by atoms with Gasteiger partial charge >= 0.3 is 0 Å². The van der Waals surface area contributed by atoms with Crippen LogP contribution in [0.3, 0.4) is 0 Å². The molecule has 0 spiro atoms. The van der Waals surface area contributed by atoms with Crippen molar-refractivity contribution in [2.45, 2.75) is 46.6 Å². The number of aromatic nitrogens is 1. The zero-order valence-electron chi connectivity index (χ0n) is 9.55. The van der Waals surface area contributed by atoms with E-state index in [2.05, 4.69) is 38.0 Å². The van der Waals surface area contributed by atoms with Crippen molar-refractivity contribution in [3.05, 3.63) is 15.6 Å². The molecule has 2 nitrogen and oxygen atoms in total. The smallest absolute Gasteiger partial charge is 0.0946 e. The fourth-order valence-electron chi connectivity index (χ4n) is 1.35. The quantitative estimate of drug-likeness (QED) is 0.811. The fraction of sp³-hybridized carbons (Fsp3) is 0.727. The molecule has 1 heterocycles. The maximum Gasteiger partial charge on any atom is 0.0946 e. The number of aryl methyl sites for hydroxylation is 2. The van der Waals surface area contributed by atoms with Crippen LogP contribution < -0.4 is 5.32 Å². The van der Waals surface area contributed by atoms with Crippen LogP contribution in [0.15, 0.2) is 0 Å². The lowest BCUT2D eigenvalue weighted by atomic mass is 10.2. The number of rotatable bonds is 5. The lowest BCUT2D eigenvalue weighted by molar-refractivity contribution is 0.542. The van der Waals surface area contributed by atoms with Gasteiger partial charge < -0.3 is 5.32 Å². The molecule has 1 rings (SSSR count). The molecule has 1 unspecified atom stereocenters. The predicted molar refractivity (Wildman–Crippen MR) is 63.0 cm³/mol. The average molecular weight is 212 g/mol. The first-order valence-electron chi connectivity index (χ1n) is 5.29. The van der Waals surface area contributed by atoms with Crippen LogP contribution in [-0.4, -0.2) is 17.6 Å².